The highest BCUT2D eigenvalue weighted by atomic mass is 127. The maximum Gasteiger partial charge on any atom is 0.227 e. The Morgan fingerprint density at radius 1 is 1.00 bits per heavy atom. The predicted molar refractivity (Wildman–Crippen MR) is 85.1 cm³/mol. The third-order valence-electron chi connectivity index (χ3n) is 3.45. The Morgan fingerprint density at radius 3 is 2.53 bits per heavy atom. The number of carbonyl (C=O) groups is 1. The summed E-state index contributed by atoms with van der Waals surface area (Å²) in [6.45, 7) is 0.659. The van der Waals surface area contributed by atoms with Crippen LogP contribution in [0.1, 0.15) is 17.5 Å². The molecular weight excluding hydrogens is 349 g/mol. The molecule has 1 heterocycles. The highest BCUT2D eigenvalue weighted by Crippen LogP contribution is 2.28. The molecule has 0 fully saturated rings. The highest BCUT2D eigenvalue weighted by Gasteiger charge is 2.23. The van der Waals surface area contributed by atoms with Crippen molar-refractivity contribution in [3.05, 3.63) is 63.2 Å². The summed E-state index contributed by atoms with van der Waals surface area (Å²) in [6, 6.07) is 16.5. The number of carbonyl (C=O) groups excluding carboxylic acids is 1. The summed E-state index contributed by atoms with van der Waals surface area (Å²) in [5.74, 6) is 0.220. The molecule has 1 aliphatic heterocycles. The summed E-state index contributed by atoms with van der Waals surface area (Å²) in [4.78, 5) is 14.1. The molecule has 0 aromatic heterocycles. The quantitative estimate of drug-likeness (QED) is 0.744. The van der Waals surface area contributed by atoms with Gasteiger partial charge in [0, 0.05) is 15.7 Å². The van der Waals surface area contributed by atoms with Crippen molar-refractivity contribution in [2.24, 2.45) is 0 Å². The molecule has 2 aromatic carbocycles. The first kappa shape index (κ1) is 12.7. The van der Waals surface area contributed by atoms with E-state index in [0.717, 1.165) is 12.1 Å². The molecule has 3 rings (SSSR count). The molecular formula is C16H14INO. The van der Waals surface area contributed by atoms with Crippen LogP contribution in [0.5, 0.6) is 0 Å². The van der Waals surface area contributed by atoms with Gasteiger partial charge in [0.05, 0.1) is 6.54 Å². The van der Waals surface area contributed by atoms with Crippen molar-refractivity contribution >= 4 is 34.2 Å². The van der Waals surface area contributed by atoms with Gasteiger partial charge in [-0.25, -0.2) is 0 Å². The Balaban J connectivity index is 1.91. The van der Waals surface area contributed by atoms with Gasteiger partial charge in [0.15, 0.2) is 0 Å². The van der Waals surface area contributed by atoms with Crippen LogP contribution in [0.4, 0.5) is 5.69 Å². The van der Waals surface area contributed by atoms with Gasteiger partial charge in [-0.05, 0) is 58.3 Å². The van der Waals surface area contributed by atoms with Crippen LogP contribution in [0.2, 0.25) is 0 Å². The van der Waals surface area contributed by atoms with Crippen molar-refractivity contribution in [1.29, 1.82) is 0 Å². The molecule has 0 aliphatic carbocycles. The van der Waals surface area contributed by atoms with Crippen molar-refractivity contribution in [2.75, 3.05) is 4.90 Å². The molecule has 1 aliphatic rings. The lowest BCUT2D eigenvalue weighted by Crippen LogP contribution is -2.34. The van der Waals surface area contributed by atoms with E-state index in [0.29, 0.717) is 13.0 Å². The molecule has 1 amide bonds. The fourth-order valence-electron chi connectivity index (χ4n) is 2.44. The van der Waals surface area contributed by atoms with Gasteiger partial charge in [-0.3, -0.25) is 4.79 Å². The van der Waals surface area contributed by atoms with Crippen LogP contribution in [0, 0.1) is 3.57 Å². The van der Waals surface area contributed by atoms with E-state index >= 15 is 0 Å². The molecule has 0 atom stereocenters. The van der Waals surface area contributed by atoms with Crippen LogP contribution in [0.25, 0.3) is 0 Å². The smallest absolute Gasteiger partial charge is 0.227 e. The minimum Gasteiger partial charge on any atom is -0.308 e. The molecule has 0 saturated carbocycles. The number of nitrogens with zero attached hydrogens (tertiary/aromatic N) is 1. The average molecular weight is 363 g/mol. The number of para-hydroxylation sites is 1. The number of aryl methyl sites for hydroxylation is 1. The van der Waals surface area contributed by atoms with Crippen LogP contribution in [0.3, 0.4) is 0 Å². The first-order valence-corrected chi connectivity index (χ1v) is 7.44. The van der Waals surface area contributed by atoms with E-state index in [2.05, 4.69) is 52.9 Å². The minimum absolute atomic E-state index is 0.220. The predicted octanol–water partition coefficient (Wildman–Crippen LogP) is 3.77. The fourth-order valence-corrected chi connectivity index (χ4v) is 2.80. The summed E-state index contributed by atoms with van der Waals surface area (Å²) in [5.41, 5.74) is 3.51. The van der Waals surface area contributed by atoms with Gasteiger partial charge in [-0.15, -0.1) is 0 Å². The second kappa shape index (κ2) is 5.33. The van der Waals surface area contributed by atoms with Gasteiger partial charge in [0.25, 0.3) is 0 Å². The molecule has 19 heavy (non-hydrogen) atoms. The third kappa shape index (κ3) is 2.66. The maximum atomic E-state index is 12.2. The first-order chi connectivity index (χ1) is 9.24. The van der Waals surface area contributed by atoms with Crippen LogP contribution in [-0.2, 0) is 17.8 Å². The van der Waals surface area contributed by atoms with Crippen molar-refractivity contribution in [3.63, 3.8) is 0 Å². The van der Waals surface area contributed by atoms with E-state index in [1.165, 1.54) is 14.7 Å². The number of hydrogen-bond donors (Lipinski definition) is 0. The molecule has 0 spiro atoms. The number of amides is 1. The second-order valence-electron chi connectivity index (χ2n) is 4.74. The molecule has 96 valence electrons. The second-order valence-corrected chi connectivity index (χ2v) is 5.98. The summed E-state index contributed by atoms with van der Waals surface area (Å²) >= 11 is 2.29. The van der Waals surface area contributed by atoms with Gasteiger partial charge in [0.1, 0.15) is 0 Å². The lowest BCUT2D eigenvalue weighted by atomic mass is 10.0. The number of benzene rings is 2. The van der Waals surface area contributed by atoms with Crippen molar-refractivity contribution in [1.82, 2.24) is 0 Å². The van der Waals surface area contributed by atoms with E-state index in [9.17, 15) is 4.79 Å². The zero-order valence-corrected chi connectivity index (χ0v) is 12.6. The number of fused-ring (bicyclic) bond motifs is 1. The molecule has 0 unspecified atom stereocenters. The molecule has 0 N–H and O–H groups in total. The third-order valence-corrected chi connectivity index (χ3v) is 4.16. The van der Waals surface area contributed by atoms with Crippen molar-refractivity contribution in [2.45, 2.75) is 19.4 Å². The Hall–Kier alpha value is -1.36. The largest absolute Gasteiger partial charge is 0.308 e. The standard InChI is InChI=1S/C16H14INO/c17-14-8-5-12(6-9-14)11-18-15-4-2-1-3-13(15)7-10-16(18)19/h1-6,8-9H,7,10-11H2. The van der Waals surface area contributed by atoms with Crippen molar-refractivity contribution < 1.29 is 4.79 Å². The van der Waals surface area contributed by atoms with E-state index in [4.69, 9.17) is 0 Å². The minimum atomic E-state index is 0.220. The van der Waals surface area contributed by atoms with E-state index in [1.54, 1.807) is 0 Å². The Morgan fingerprint density at radius 2 is 1.74 bits per heavy atom. The van der Waals surface area contributed by atoms with Gasteiger partial charge in [-0.2, -0.15) is 0 Å². The van der Waals surface area contributed by atoms with Gasteiger partial charge in [0.2, 0.25) is 5.91 Å². The van der Waals surface area contributed by atoms with Crippen LogP contribution >= 0.6 is 22.6 Å². The number of halogens is 1. The summed E-state index contributed by atoms with van der Waals surface area (Å²) in [6.07, 6.45) is 1.47. The van der Waals surface area contributed by atoms with E-state index in [1.807, 2.05) is 23.1 Å². The summed E-state index contributed by atoms with van der Waals surface area (Å²) in [5, 5.41) is 0. The van der Waals surface area contributed by atoms with Gasteiger partial charge in [-0.1, -0.05) is 30.3 Å². The van der Waals surface area contributed by atoms with Gasteiger partial charge < -0.3 is 4.90 Å². The number of anilines is 1. The Labute approximate surface area is 126 Å². The van der Waals surface area contributed by atoms with E-state index in [-0.39, 0.29) is 5.91 Å². The number of rotatable bonds is 2. The molecule has 2 nitrogen and oxygen atoms in total. The first-order valence-electron chi connectivity index (χ1n) is 6.37. The summed E-state index contributed by atoms with van der Waals surface area (Å²) < 4.78 is 1.21. The normalized spacial score (nSPS) is 14.4. The maximum absolute atomic E-state index is 12.2. The van der Waals surface area contributed by atoms with Gasteiger partial charge >= 0.3 is 0 Å². The molecule has 3 heteroatoms. The lowest BCUT2D eigenvalue weighted by molar-refractivity contribution is -0.119. The van der Waals surface area contributed by atoms with Crippen LogP contribution in [-0.4, -0.2) is 5.91 Å². The Kier molecular flexibility index (Phi) is 3.55. The van der Waals surface area contributed by atoms with Crippen molar-refractivity contribution in [3.8, 4) is 0 Å². The monoisotopic (exact) mass is 363 g/mol. The SMILES string of the molecule is O=C1CCc2ccccc2N1Cc1ccc(I)cc1. The summed E-state index contributed by atoms with van der Waals surface area (Å²) in [7, 11) is 0. The zero-order chi connectivity index (χ0) is 13.2. The number of hydrogen-bond acceptors (Lipinski definition) is 1. The average Bonchev–Trinajstić information content (AvgIpc) is 2.44. The molecule has 2 aromatic rings. The topological polar surface area (TPSA) is 20.3 Å². The van der Waals surface area contributed by atoms with Crippen LogP contribution < -0.4 is 4.90 Å². The molecule has 0 radical (unpaired) electrons. The lowest BCUT2D eigenvalue weighted by Gasteiger charge is -2.29. The van der Waals surface area contributed by atoms with Crippen LogP contribution in [0.15, 0.2) is 48.5 Å². The zero-order valence-electron chi connectivity index (χ0n) is 10.5. The fraction of sp³-hybridized carbons (Fsp3) is 0.188. The van der Waals surface area contributed by atoms with E-state index < -0.39 is 0 Å². The highest BCUT2D eigenvalue weighted by molar-refractivity contribution is 14.1. The Bertz CT molecular complexity index is 606. The molecule has 0 bridgehead atoms. The molecule has 0 saturated heterocycles.